The molecule has 0 aromatic carbocycles. The van der Waals surface area contributed by atoms with Crippen LogP contribution in [0.2, 0.25) is 0 Å². The Balaban J connectivity index is 3.44. The highest BCUT2D eigenvalue weighted by Gasteiger charge is 2.25. The van der Waals surface area contributed by atoms with Crippen LogP contribution < -0.4 is 0 Å². The summed E-state index contributed by atoms with van der Waals surface area (Å²) in [7, 11) is 4.37. The van der Waals surface area contributed by atoms with E-state index in [2.05, 4.69) is 45.5 Å². The smallest absolute Gasteiger partial charge is 0.0380 e. The molecule has 0 fully saturated rings. The molecule has 0 aliphatic rings. The molecule has 0 aliphatic carbocycles. The van der Waals surface area contributed by atoms with Crippen molar-refractivity contribution in [3.63, 3.8) is 0 Å². The Morgan fingerprint density at radius 2 is 1.14 bits per heavy atom. The quantitative estimate of drug-likeness (QED) is 0.220. The predicted octanol–water partition coefficient (Wildman–Crippen LogP) is 6.97. The lowest BCUT2D eigenvalue weighted by Gasteiger charge is -2.36. The number of rotatable bonds is 16. The summed E-state index contributed by atoms with van der Waals surface area (Å²) in [5.74, 6) is 0. The van der Waals surface area contributed by atoms with Crippen molar-refractivity contribution in [1.82, 2.24) is 4.90 Å². The molecule has 0 radical (unpaired) electrons. The van der Waals surface area contributed by atoms with Crippen LogP contribution in [0.25, 0.3) is 0 Å². The minimum Gasteiger partial charge on any atom is -0.300 e. The average Bonchev–Trinajstić information content (AvgIpc) is 2.52. The van der Waals surface area contributed by atoms with E-state index in [4.69, 9.17) is 0 Å². The zero-order chi connectivity index (χ0) is 16.7. The molecule has 0 heterocycles. The van der Waals surface area contributed by atoms with Crippen LogP contribution in [0.1, 0.15) is 104 Å². The van der Waals surface area contributed by atoms with Crippen LogP contribution in [-0.2, 0) is 0 Å². The van der Waals surface area contributed by atoms with E-state index in [0.717, 1.165) is 0 Å². The standard InChI is InChI=1S/C21H43N/c1-6-9-10-11-12-13-14-15-16-17-18-19-20-21(7-2,8-3)22(4)5/h7H,2,6,8-20H2,1,3-5H3. The van der Waals surface area contributed by atoms with Crippen LogP contribution >= 0.6 is 0 Å². The Morgan fingerprint density at radius 1 is 0.727 bits per heavy atom. The van der Waals surface area contributed by atoms with Crippen molar-refractivity contribution in [1.29, 1.82) is 0 Å². The number of nitrogens with zero attached hydrogens (tertiary/aromatic N) is 1. The molecule has 0 spiro atoms. The fourth-order valence-electron chi connectivity index (χ4n) is 3.42. The molecular formula is C21H43N. The Bertz CT molecular complexity index is 246. The van der Waals surface area contributed by atoms with Crippen LogP contribution in [0, 0.1) is 0 Å². The van der Waals surface area contributed by atoms with E-state index in [9.17, 15) is 0 Å². The van der Waals surface area contributed by atoms with Gasteiger partial charge < -0.3 is 4.90 Å². The first kappa shape index (κ1) is 21.7. The summed E-state index contributed by atoms with van der Waals surface area (Å²) < 4.78 is 0. The molecule has 0 rings (SSSR count). The van der Waals surface area contributed by atoms with Crippen molar-refractivity contribution in [3.05, 3.63) is 12.7 Å². The highest BCUT2D eigenvalue weighted by atomic mass is 15.1. The van der Waals surface area contributed by atoms with Gasteiger partial charge in [-0.05, 0) is 26.9 Å². The second-order valence-corrected chi connectivity index (χ2v) is 7.19. The topological polar surface area (TPSA) is 3.24 Å². The molecule has 1 atom stereocenters. The maximum absolute atomic E-state index is 4.06. The molecule has 0 saturated carbocycles. The SMILES string of the molecule is C=CC(CC)(CCCCCCCCCCCCCC)N(C)C. The minimum absolute atomic E-state index is 0.221. The maximum atomic E-state index is 4.06. The lowest BCUT2D eigenvalue weighted by molar-refractivity contribution is 0.182. The van der Waals surface area contributed by atoms with Crippen LogP contribution in [0.4, 0.5) is 0 Å². The van der Waals surface area contributed by atoms with E-state index in [1.165, 1.54) is 89.9 Å². The van der Waals surface area contributed by atoms with Gasteiger partial charge in [0.1, 0.15) is 0 Å². The van der Waals surface area contributed by atoms with E-state index < -0.39 is 0 Å². The highest BCUT2D eigenvalue weighted by Crippen LogP contribution is 2.26. The Hall–Kier alpha value is -0.300. The molecule has 22 heavy (non-hydrogen) atoms. The lowest BCUT2D eigenvalue weighted by Crippen LogP contribution is -2.41. The fraction of sp³-hybridized carbons (Fsp3) is 0.905. The van der Waals surface area contributed by atoms with Crippen LogP contribution in [-0.4, -0.2) is 24.5 Å². The third-order valence-electron chi connectivity index (χ3n) is 5.35. The van der Waals surface area contributed by atoms with Crippen molar-refractivity contribution in [2.24, 2.45) is 0 Å². The van der Waals surface area contributed by atoms with Crippen molar-refractivity contribution in [3.8, 4) is 0 Å². The van der Waals surface area contributed by atoms with Crippen molar-refractivity contribution >= 4 is 0 Å². The van der Waals surface area contributed by atoms with Crippen LogP contribution in [0.3, 0.4) is 0 Å². The van der Waals surface area contributed by atoms with Gasteiger partial charge in [-0.3, -0.25) is 0 Å². The molecule has 0 aromatic rings. The van der Waals surface area contributed by atoms with Gasteiger partial charge in [-0.2, -0.15) is 0 Å². The summed E-state index contributed by atoms with van der Waals surface area (Å²) in [5.41, 5.74) is 0.221. The van der Waals surface area contributed by atoms with Crippen molar-refractivity contribution in [2.75, 3.05) is 14.1 Å². The molecule has 1 nitrogen and oxygen atoms in total. The lowest BCUT2D eigenvalue weighted by atomic mass is 9.88. The van der Waals surface area contributed by atoms with E-state index >= 15 is 0 Å². The Labute approximate surface area is 141 Å². The maximum Gasteiger partial charge on any atom is 0.0380 e. The molecule has 132 valence electrons. The second kappa shape index (κ2) is 14.3. The predicted molar refractivity (Wildman–Crippen MR) is 103 cm³/mol. The minimum atomic E-state index is 0.221. The number of hydrogen-bond acceptors (Lipinski definition) is 1. The van der Waals surface area contributed by atoms with E-state index in [1.54, 1.807) is 0 Å². The van der Waals surface area contributed by atoms with Crippen LogP contribution in [0.15, 0.2) is 12.7 Å². The zero-order valence-corrected chi connectivity index (χ0v) is 16.1. The van der Waals surface area contributed by atoms with Gasteiger partial charge in [0, 0.05) is 5.54 Å². The van der Waals surface area contributed by atoms with Crippen molar-refractivity contribution in [2.45, 2.75) is 109 Å². The fourth-order valence-corrected chi connectivity index (χ4v) is 3.42. The van der Waals surface area contributed by atoms with Gasteiger partial charge in [-0.1, -0.05) is 97.0 Å². The second-order valence-electron chi connectivity index (χ2n) is 7.19. The summed E-state index contributed by atoms with van der Waals surface area (Å²) >= 11 is 0. The first-order valence-corrected chi connectivity index (χ1v) is 9.94. The average molecular weight is 310 g/mol. The largest absolute Gasteiger partial charge is 0.300 e. The molecule has 1 unspecified atom stereocenters. The molecule has 1 heteroatoms. The van der Waals surface area contributed by atoms with E-state index in [1.807, 2.05) is 0 Å². The van der Waals surface area contributed by atoms with E-state index in [-0.39, 0.29) is 5.54 Å². The Kier molecular flexibility index (Phi) is 14.1. The molecule has 0 aromatic heterocycles. The zero-order valence-electron chi connectivity index (χ0n) is 16.1. The monoisotopic (exact) mass is 309 g/mol. The summed E-state index contributed by atoms with van der Waals surface area (Å²) in [4.78, 5) is 2.35. The van der Waals surface area contributed by atoms with Gasteiger partial charge in [-0.15, -0.1) is 6.58 Å². The van der Waals surface area contributed by atoms with Gasteiger partial charge in [0.2, 0.25) is 0 Å². The summed E-state index contributed by atoms with van der Waals surface area (Å²) in [6.45, 7) is 8.63. The highest BCUT2D eigenvalue weighted by molar-refractivity contribution is 5.01. The van der Waals surface area contributed by atoms with E-state index in [0.29, 0.717) is 0 Å². The first-order chi connectivity index (χ1) is 10.6. The number of hydrogen-bond donors (Lipinski definition) is 0. The number of unbranched alkanes of at least 4 members (excludes halogenated alkanes) is 11. The summed E-state index contributed by atoms with van der Waals surface area (Å²) in [5, 5.41) is 0. The molecule has 0 aliphatic heterocycles. The van der Waals surface area contributed by atoms with Crippen molar-refractivity contribution < 1.29 is 0 Å². The molecule has 0 bridgehead atoms. The number of likely N-dealkylation sites (N-methyl/N-ethyl adjacent to an activating group) is 1. The normalized spacial score (nSPS) is 14.2. The molecular weight excluding hydrogens is 266 g/mol. The van der Waals surface area contributed by atoms with Gasteiger partial charge in [0.25, 0.3) is 0 Å². The van der Waals surface area contributed by atoms with Gasteiger partial charge >= 0.3 is 0 Å². The Morgan fingerprint density at radius 3 is 1.45 bits per heavy atom. The first-order valence-electron chi connectivity index (χ1n) is 9.94. The third kappa shape index (κ3) is 9.66. The van der Waals surface area contributed by atoms with Gasteiger partial charge in [-0.25, -0.2) is 0 Å². The molecule has 0 amide bonds. The molecule has 0 N–H and O–H groups in total. The van der Waals surface area contributed by atoms with Gasteiger partial charge in [0.15, 0.2) is 0 Å². The summed E-state index contributed by atoms with van der Waals surface area (Å²) in [6, 6.07) is 0. The van der Waals surface area contributed by atoms with Gasteiger partial charge in [0.05, 0.1) is 0 Å². The third-order valence-corrected chi connectivity index (χ3v) is 5.35. The summed E-state index contributed by atoms with van der Waals surface area (Å²) in [6.07, 6.45) is 21.7. The molecule has 0 saturated heterocycles. The van der Waals surface area contributed by atoms with Crippen LogP contribution in [0.5, 0.6) is 0 Å².